The summed E-state index contributed by atoms with van der Waals surface area (Å²) < 4.78 is 31.4. The van der Waals surface area contributed by atoms with Crippen molar-refractivity contribution in [1.29, 1.82) is 0 Å². The lowest BCUT2D eigenvalue weighted by Crippen LogP contribution is -2.35. The molecule has 1 aliphatic carbocycles. The summed E-state index contributed by atoms with van der Waals surface area (Å²) in [5.74, 6) is -0.669. The predicted molar refractivity (Wildman–Crippen MR) is 114 cm³/mol. The van der Waals surface area contributed by atoms with Gasteiger partial charge in [0.15, 0.2) is 0 Å². The van der Waals surface area contributed by atoms with Crippen LogP contribution in [0.2, 0.25) is 0 Å². The van der Waals surface area contributed by atoms with Gasteiger partial charge in [-0.05, 0) is 56.5 Å². The second kappa shape index (κ2) is 8.57. The first-order valence-corrected chi connectivity index (χ1v) is 11.2. The van der Waals surface area contributed by atoms with Crippen molar-refractivity contribution in [2.45, 2.75) is 37.0 Å². The van der Waals surface area contributed by atoms with Gasteiger partial charge in [-0.2, -0.15) is 4.31 Å². The van der Waals surface area contributed by atoms with Crippen molar-refractivity contribution < 1.29 is 22.7 Å². The van der Waals surface area contributed by atoms with Gasteiger partial charge in [0.25, 0.3) is 0 Å². The Kier molecular flexibility index (Phi) is 6.28. The molecule has 0 spiro atoms. The van der Waals surface area contributed by atoms with Gasteiger partial charge < -0.3 is 10.1 Å². The highest BCUT2D eigenvalue weighted by molar-refractivity contribution is 7.89. The van der Waals surface area contributed by atoms with E-state index in [1.165, 1.54) is 19.2 Å². The summed E-state index contributed by atoms with van der Waals surface area (Å²) in [6.45, 7) is 3.68. The largest absolute Gasteiger partial charge is 0.465 e. The molecule has 7 nitrogen and oxygen atoms in total. The van der Waals surface area contributed by atoms with Gasteiger partial charge in [0, 0.05) is 12.7 Å². The zero-order valence-electron chi connectivity index (χ0n) is 17.3. The molecule has 1 saturated carbocycles. The number of carbonyl (C=O) groups is 2. The standard InChI is InChI=1S/C22H26N2O5S/c1-4-29-21(26)22(13-14-22)17-7-9-18(10-8-17)23-20(25)15-24(3)30(27,28)19-11-5-16(2)6-12-19/h5-12H,4,13-15H2,1-3H3,(H,23,25). The Hall–Kier alpha value is -2.71. The minimum absolute atomic E-state index is 0.140. The predicted octanol–water partition coefficient (Wildman–Crippen LogP) is 2.85. The van der Waals surface area contributed by atoms with Crippen molar-refractivity contribution in [1.82, 2.24) is 4.31 Å². The molecule has 0 aliphatic heterocycles. The third-order valence-corrected chi connectivity index (χ3v) is 7.05. The van der Waals surface area contributed by atoms with Gasteiger partial charge in [-0.1, -0.05) is 29.8 Å². The van der Waals surface area contributed by atoms with E-state index in [-0.39, 0.29) is 17.4 Å². The smallest absolute Gasteiger partial charge is 0.316 e. The van der Waals surface area contributed by atoms with E-state index in [0.717, 1.165) is 28.3 Å². The van der Waals surface area contributed by atoms with Crippen LogP contribution in [-0.4, -0.2) is 44.8 Å². The molecule has 1 fully saturated rings. The quantitative estimate of drug-likeness (QED) is 0.650. The van der Waals surface area contributed by atoms with Crippen LogP contribution in [0, 0.1) is 6.92 Å². The van der Waals surface area contributed by atoms with Crippen LogP contribution in [0.1, 0.15) is 30.9 Å². The monoisotopic (exact) mass is 430 g/mol. The number of ether oxygens (including phenoxy) is 1. The summed E-state index contributed by atoms with van der Waals surface area (Å²) in [7, 11) is -2.39. The molecule has 0 radical (unpaired) electrons. The molecule has 0 bridgehead atoms. The van der Waals surface area contributed by atoms with Crippen molar-refractivity contribution in [3.63, 3.8) is 0 Å². The average Bonchev–Trinajstić information content (AvgIpc) is 3.51. The first kappa shape index (κ1) is 22.0. The van der Waals surface area contributed by atoms with Gasteiger partial charge in [-0.25, -0.2) is 8.42 Å². The van der Waals surface area contributed by atoms with Crippen LogP contribution in [0.25, 0.3) is 0 Å². The Morgan fingerprint density at radius 3 is 2.20 bits per heavy atom. The number of likely N-dealkylation sites (N-methyl/N-ethyl adjacent to an activating group) is 1. The van der Waals surface area contributed by atoms with Gasteiger partial charge in [0.1, 0.15) is 0 Å². The zero-order chi connectivity index (χ0) is 21.9. The summed E-state index contributed by atoms with van der Waals surface area (Å²) in [6, 6.07) is 13.5. The summed E-state index contributed by atoms with van der Waals surface area (Å²) >= 11 is 0. The zero-order valence-corrected chi connectivity index (χ0v) is 18.2. The number of sulfonamides is 1. The molecule has 1 amide bonds. The van der Waals surface area contributed by atoms with Gasteiger partial charge in [-0.3, -0.25) is 9.59 Å². The SMILES string of the molecule is CCOC(=O)C1(c2ccc(NC(=O)CN(C)S(=O)(=O)c3ccc(C)cc3)cc2)CC1. The fourth-order valence-corrected chi connectivity index (χ4v) is 4.38. The molecule has 3 rings (SSSR count). The number of amides is 1. The molecular formula is C22H26N2O5S. The summed E-state index contributed by atoms with van der Waals surface area (Å²) in [6.07, 6.45) is 1.50. The topological polar surface area (TPSA) is 92.8 Å². The minimum atomic E-state index is -3.75. The van der Waals surface area contributed by atoms with Gasteiger partial charge >= 0.3 is 5.97 Å². The van der Waals surface area contributed by atoms with Crippen molar-refractivity contribution in [3.8, 4) is 0 Å². The molecule has 0 saturated heterocycles. The lowest BCUT2D eigenvalue weighted by atomic mass is 9.96. The second-order valence-electron chi connectivity index (χ2n) is 7.50. The lowest BCUT2D eigenvalue weighted by Gasteiger charge is -2.17. The number of nitrogens with one attached hydrogen (secondary N) is 1. The maximum absolute atomic E-state index is 12.6. The maximum atomic E-state index is 12.6. The average molecular weight is 431 g/mol. The Morgan fingerprint density at radius 1 is 1.07 bits per heavy atom. The number of esters is 1. The maximum Gasteiger partial charge on any atom is 0.316 e. The molecule has 0 atom stereocenters. The number of anilines is 1. The minimum Gasteiger partial charge on any atom is -0.465 e. The first-order valence-electron chi connectivity index (χ1n) is 9.80. The summed E-state index contributed by atoms with van der Waals surface area (Å²) in [5, 5.41) is 2.70. The molecule has 2 aromatic carbocycles. The molecule has 8 heteroatoms. The fraction of sp³-hybridized carbons (Fsp3) is 0.364. The van der Waals surface area contributed by atoms with Crippen molar-refractivity contribution in [3.05, 3.63) is 59.7 Å². The van der Waals surface area contributed by atoms with Gasteiger partial charge in [0.05, 0.1) is 23.5 Å². The molecule has 0 unspecified atom stereocenters. The normalized spacial score (nSPS) is 14.9. The third kappa shape index (κ3) is 4.55. The van der Waals surface area contributed by atoms with Crippen LogP contribution in [0.4, 0.5) is 5.69 Å². The van der Waals surface area contributed by atoms with Crippen LogP contribution in [0.15, 0.2) is 53.4 Å². The Balaban J connectivity index is 1.62. The summed E-state index contributed by atoms with van der Waals surface area (Å²) in [5.41, 5.74) is 1.78. The molecule has 160 valence electrons. The number of aryl methyl sites for hydroxylation is 1. The van der Waals surface area contributed by atoms with E-state index in [1.54, 1.807) is 43.3 Å². The molecular weight excluding hydrogens is 404 g/mol. The highest BCUT2D eigenvalue weighted by atomic mass is 32.2. The van der Waals surface area contributed by atoms with Gasteiger partial charge in [-0.15, -0.1) is 0 Å². The van der Waals surface area contributed by atoms with Crippen LogP contribution in [-0.2, 0) is 29.8 Å². The molecule has 0 heterocycles. The molecule has 1 aliphatic rings. The number of benzene rings is 2. The Labute approximate surface area is 177 Å². The van der Waals surface area contributed by atoms with E-state index < -0.39 is 21.3 Å². The second-order valence-corrected chi connectivity index (χ2v) is 9.55. The number of nitrogens with zero attached hydrogens (tertiary/aromatic N) is 1. The van der Waals surface area contributed by atoms with Crippen LogP contribution in [0.3, 0.4) is 0 Å². The highest BCUT2D eigenvalue weighted by Gasteiger charge is 2.52. The van der Waals surface area contributed by atoms with Crippen molar-refractivity contribution in [2.75, 3.05) is 25.5 Å². The number of carbonyl (C=O) groups excluding carboxylic acids is 2. The van der Waals surface area contributed by atoms with E-state index >= 15 is 0 Å². The van der Waals surface area contributed by atoms with Crippen LogP contribution < -0.4 is 5.32 Å². The number of hydrogen-bond acceptors (Lipinski definition) is 5. The van der Waals surface area contributed by atoms with Crippen molar-refractivity contribution >= 4 is 27.6 Å². The number of hydrogen-bond donors (Lipinski definition) is 1. The van der Waals surface area contributed by atoms with E-state index in [0.29, 0.717) is 12.3 Å². The summed E-state index contributed by atoms with van der Waals surface area (Å²) in [4.78, 5) is 24.7. The third-order valence-electron chi connectivity index (χ3n) is 5.23. The van der Waals surface area contributed by atoms with E-state index in [9.17, 15) is 18.0 Å². The lowest BCUT2D eigenvalue weighted by molar-refractivity contribution is -0.146. The molecule has 1 N–H and O–H groups in total. The molecule has 30 heavy (non-hydrogen) atoms. The molecule has 0 aromatic heterocycles. The van der Waals surface area contributed by atoms with E-state index in [4.69, 9.17) is 4.74 Å². The van der Waals surface area contributed by atoms with Crippen molar-refractivity contribution in [2.24, 2.45) is 0 Å². The van der Waals surface area contributed by atoms with E-state index in [2.05, 4.69) is 5.32 Å². The van der Waals surface area contributed by atoms with Gasteiger partial charge in [0.2, 0.25) is 15.9 Å². The molecule has 2 aromatic rings. The fourth-order valence-electron chi connectivity index (χ4n) is 3.26. The first-order chi connectivity index (χ1) is 14.2. The highest BCUT2D eigenvalue weighted by Crippen LogP contribution is 2.49. The van der Waals surface area contributed by atoms with E-state index in [1.807, 2.05) is 6.92 Å². The van der Waals surface area contributed by atoms with Crippen LogP contribution >= 0.6 is 0 Å². The Morgan fingerprint density at radius 2 is 1.67 bits per heavy atom. The van der Waals surface area contributed by atoms with Crippen LogP contribution in [0.5, 0.6) is 0 Å². The Bertz CT molecular complexity index is 1030. The number of rotatable bonds is 8.